The van der Waals surface area contributed by atoms with E-state index in [9.17, 15) is 0 Å². The fourth-order valence-electron chi connectivity index (χ4n) is 2.45. The molecule has 0 radical (unpaired) electrons. The van der Waals surface area contributed by atoms with Crippen LogP contribution in [-0.4, -0.2) is 46.0 Å². The minimum atomic E-state index is 0.179. The van der Waals surface area contributed by atoms with Crippen LogP contribution in [-0.2, 0) is 4.74 Å². The molecule has 1 N–H and O–H groups in total. The summed E-state index contributed by atoms with van der Waals surface area (Å²) < 4.78 is 11.1. The molecule has 20 heavy (non-hydrogen) atoms. The maximum Gasteiger partial charge on any atom is 0.122 e. The van der Waals surface area contributed by atoms with Crippen molar-refractivity contribution in [3.8, 4) is 5.75 Å². The van der Waals surface area contributed by atoms with Gasteiger partial charge in [0.2, 0.25) is 0 Å². The molecule has 0 spiro atoms. The highest BCUT2D eigenvalue weighted by Gasteiger charge is 2.12. The first kappa shape index (κ1) is 15.1. The zero-order chi connectivity index (χ0) is 14.4. The number of anilines is 1. The lowest BCUT2D eigenvalue weighted by atomic mass is 10.1. The van der Waals surface area contributed by atoms with Gasteiger partial charge < -0.3 is 19.7 Å². The summed E-state index contributed by atoms with van der Waals surface area (Å²) in [5.74, 6) is 0.979. The molecule has 0 amide bonds. The van der Waals surface area contributed by atoms with E-state index < -0.39 is 0 Å². The summed E-state index contributed by atoms with van der Waals surface area (Å²) in [5, 5.41) is 3.38. The van der Waals surface area contributed by atoms with E-state index in [0.717, 1.165) is 45.0 Å². The van der Waals surface area contributed by atoms with Crippen LogP contribution in [0.1, 0.15) is 18.9 Å². The highest BCUT2D eigenvalue weighted by molar-refractivity contribution is 5.53. The van der Waals surface area contributed by atoms with Crippen LogP contribution in [0.15, 0.2) is 18.2 Å². The molecule has 1 aliphatic heterocycles. The van der Waals surface area contributed by atoms with Crippen molar-refractivity contribution in [2.75, 3.05) is 44.8 Å². The maximum atomic E-state index is 5.98. The predicted molar refractivity (Wildman–Crippen MR) is 82.8 cm³/mol. The molecule has 1 atom stereocenters. The molecule has 0 bridgehead atoms. The fraction of sp³-hybridized carbons (Fsp3) is 0.625. The van der Waals surface area contributed by atoms with Gasteiger partial charge in [-0.1, -0.05) is 0 Å². The van der Waals surface area contributed by atoms with Crippen LogP contribution in [0.3, 0.4) is 0 Å². The van der Waals surface area contributed by atoms with Crippen LogP contribution in [0.5, 0.6) is 5.75 Å². The van der Waals surface area contributed by atoms with Crippen molar-refractivity contribution in [1.82, 2.24) is 5.32 Å². The topological polar surface area (TPSA) is 33.7 Å². The summed E-state index contributed by atoms with van der Waals surface area (Å²) in [6, 6.07) is 6.48. The first-order chi connectivity index (χ1) is 9.70. The minimum Gasteiger partial charge on any atom is -0.490 e. The second-order valence-corrected chi connectivity index (χ2v) is 5.40. The Morgan fingerprint density at radius 1 is 1.30 bits per heavy atom. The van der Waals surface area contributed by atoms with Gasteiger partial charge in [0, 0.05) is 52.0 Å². The lowest BCUT2D eigenvalue weighted by molar-refractivity contribution is 0.135. The normalized spacial score (nSPS) is 17.1. The standard InChI is InChI=1S/C16H26N2O2/c1-13-12-15(18-9-7-17-8-10-18)4-5-16(13)20-14(2)6-11-19-3/h4-5,12,14,17H,6-11H2,1-3H3. The predicted octanol–water partition coefficient (Wildman–Crippen LogP) is 2.21. The largest absolute Gasteiger partial charge is 0.490 e. The van der Waals surface area contributed by atoms with Crippen LogP contribution < -0.4 is 15.0 Å². The molecule has 0 aromatic heterocycles. The number of rotatable bonds is 6. The van der Waals surface area contributed by atoms with E-state index in [2.05, 4.69) is 42.3 Å². The zero-order valence-electron chi connectivity index (χ0n) is 12.8. The molecule has 2 rings (SSSR count). The molecule has 1 aromatic rings. The Labute approximate surface area is 122 Å². The van der Waals surface area contributed by atoms with Crippen molar-refractivity contribution >= 4 is 5.69 Å². The van der Waals surface area contributed by atoms with E-state index in [1.807, 2.05) is 0 Å². The van der Waals surface area contributed by atoms with Crippen LogP contribution in [0, 0.1) is 6.92 Å². The van der Waals surface area contributed by atoms with E-state index in [1.54, 1.807) is 7.11 Å². The number of aryl methyl sites for hydroxylation is 1. The Hall–Kier alpha value is -1.26. The summed E-state index contributed by atoms with van der Waals surface area (Å²) in [7, 11) is 1.72. The van der Waals surface area contributed by atoms with Crippen molar-refractivity contribution in [1.29, 1.82) is 0 Å². The third kappa shape index (κ3) is 4.12. The van der Waals surface area contributed by atoms with Gasteiger partial charge >= 0.3 is 0 Å². The molecule has 1 unspecified atom stereocenters. The summed E-state index contributed by atoms with van der Waals surface area (Å²) in [4.78, 5) is 2.42. The first-order valence-corrected chi connectivity index (χ1v) is 7.42. The second kappa shape index (κ2) is 7.50. The van der Waals surface area contributed by atoms with Gasteiger partial charge in [-0.2, -0.15) is 0 Å². The Balaban J connectivity index is 1.98. The van der Waals surface area contributed by atoms with Crippen LogP contribution in [0.25, 0.3) is 0 Å². The van der Waals surface area contributed by atoms with Crippen molar-refractivity contribution in [2.24, 2.45) is 0 Å². The van der Waals surface area contributed by atoms with Crippen LogP contribution >= 0.6 is 0 Å². The minimum absolute atomic E-state index is 0.179. The maximum absolute atomic E-state index is 5.98. The van der Waals surface area contributed by atoms with Crippen molar-refractivity contribution in [3.63, 3.8) is 0 Å². The second-order valence-electron chi connectivity index (χ2n) is 5.40. The van der Waals surface area contributed by atoms with Gasteiger partial charge in [0.25, 0.3) is 0 Å². The van der Waals surface area contributed by atoms with Gasteiger partial charge in [-0.25, -0.2) is 0 Å². The molecule has 0 saturated carbocycles. The molecule has 4 nitrogen and oxygen atoms in total. The van der Waals surface area contributed by atoms with E-state index in [4.69, 9.17) is 9.47 Å². The van der Waals surface area contributed by atoms with Gasteiger partial charge in [0.1, 0.15) is 5.75 Å². The van der Waals surface area contributed by atoms with Crippen LogP contribution in [0.4, 0.5) is 5.69 Å². The Morgan fingerprint density at radius 3 is 2.70 bits per heavy atom. The number of ether oxygens (including phenoxy) is 2. The lowest BCUT2D eigenvalue weighted by Crippen LogP contribution is -2.43. The molecule has 1 heterocycles. The Bertz CT molecular complexity index is 417. The molecular weight excluding hydrogens is 252 g/mol. The molecule has 1 aromatic carbocycles. The van der Waals surface area contributed by atoms with E-state index in [1.165, 1.54) is 11.3 Å². The quantitative estimate of drug-likeness (QED) is 0.865. The van der Waals surface area contributed by atoms with Gasteiger partial charge in [0.15, 0.2) is 0 Å². The Kier molecular flexibility index (Phi) is 5.68. The average Bonchev–Trinajstić information content (AvgIpc) is 2.48. The number of hydrogen-bond acceptors (Lipinski definition) is 4. The van der Waals surface area contributed by atoms with E-state index >= 15 is 0 Å². The fourth-order valence-corrected chi connectivity index (χ4v) is 2.45. The summed E-state index contributed by atoms with van der Waals surface area (Å²) >= 11 is 0. The lowest BCUT2D eigenvalue weighted by Gasteiger charge is -2.30. The number of piperazine rings is 1. The molecule has 112 valence electrons. The molecule has 1 aliphatic rings. The van der Waals surface area contributed by atoms with Crippen molar-refractivity contribution < 1.29 is 9.47 Å². The van der Waals surface area contributed by atoms with Gasteiger partial charge in [-0.3, -0.25) is 0 Å². The smallest absolute Gasteiger partial charge is 0.122 e. The number of benzene rings is 1. The first-order valence-electron chi connectivity index (χ1n) is 7.42. The van der Waals surface area contributed by atoms with Gasteiger partial charge in [-0.15, -0.1) is 0 Å². The van der Waals surface area contributed by atoms with Crippen molar-refractivity contribution in [2.45, 2.75) is 26.4 Å². The summed E-state index contributed by atoms with van der Waals surface area (Å²) in [6.45, 7) is 9.20. The number of nitrogens with zero attached hydrogens (tertiary/aromatic N) is 1. The van der Waals surface area contributed by atoms with E-state index in [0.29, 0.717) is 0 Å². The summed E-state index contributed by atoms with van der Waals surface area (Å²) in [6.07, 6.45) is 1.09. The highest BCUT2D eigenvalue weighted by atomic mass is 16.5. The third-order valence-electron chi connectivity index (χ3n) is 3.70. The molecule has 1 saturated heterocycles. The summed E-state index contributed by atoms with van der Waals surface area (Å²) in [5.41, 5.74) is 2.49. The third-order valence-corrected chi connectivity index (χ3v) is 3.70. The van der Waals surface area contributed by atoms with Crippen LogP contribution in [0.2, 0.25) is 0 Å². The van der Waals surface area contributed by atoms with E-state index in [-0.39, 0.29) is 6.10 Å². The van der Waals surface area contributed by atoms with Gasteiger partial charge in [0.05, 0.1) is 6.10 Å². The Morgan fingerprint density at radius 2 is 2.05 bits per heavy atom. The van der Waals surface area contributed by atoms with Gasteiger partial charge in [-0.05, 0) is 37.6 Å². The molecule has 4 heteroatoms. The number of hydrogen-bond donors (Lipinski definition) is 1. The zero-order valence-corrected chi connectivity index (χ0v) is 12.8. The highest BCUT2D eigenvalue weighted by Crippen LogP contribution is 2.26. The number of methoxy groups -OCH3 is 1. The van der Waals surface area contributed by atoms with Crippen molar-refractivity contribution in [3.05, 3.63) is 23.8 Å². The molecular formula is C16H26N2O2. The SMILES string of the molecule is COCCC(C)Oc1ccc(N2CCNCC2)cc1C. The number of nitrogens with one attached hydrogen (secondary N) is 1. The molecule has 0 aliphatic carbocycles. The average molecular weight is 278 g/mol. The monoisotopic (exact) mass is 278 g/mol. The molecule has 1 fully saturated rings.